The molecule has 0 aliphatic carbocycles. The van der Waals surface area contributed by atoms with Gasteiger partial charge in [-0.1, -0.05) is 57.6 Å². The lowest BCUT2D eigenvalue weighted by molar-refractivity contribution is 0.101. The first-order chi connectivity index (χ1) is 15.3. The average Bonchev–Trinajstić information content (AvgIpc) is 2.76. The quantitative estimate of drug-likeness (QED) is 0.291. The number of hydrogen-bond acceptors (Lipinski definition) is 2. The molecule has 170 valence electrons. The molecule has 0 heterocycles. The highest BCUT2D eigenvalue weighted by Crippen LogP contribution is 2.34. The lowest BCUT2D eigenvalue weighted by atomic mass is 9.96. The Morgan fingerprint density at radius 3 is 2.38 bits per heavy atom. The molecule has 0 spiro atoms. The van der Waals surface area contributed by atoms with Crippen molar-refractivity contribution in [3.05, 3.63) is 88.9 Å². The number of rotatable bonds is 9. The van der Waals surface area contributed by atoms with E-state index in [-0.39, 0.29) is 11.3 Å². The fraction of sp³-hybridized carbons (Fsp3) is 0.345. The van der Waals surface area contributed by atoms with Crippen LogP contribution in [0.3, 0.4) is 0 Å². The molecule has 0 amide bonds. The zero-order valence-electron chi connectivity index (χ0n) is 20.5. The molecule has 0 fully saturated rings. The number of allylic oxidation sites excluding steroid dienone is 5. The summed E-state index contributed by atoms with van der Waals surface area (Å²) in [4.78, 5) is 13.9. The third-order valence-corrected chi connectivity index (χ3v) is 5.71. The van der Waals surface area contributed by atoms with E-state index >= 15 is 0 Å². The highest BCUT2D eigenvalue weighted by molar-refractivity contribution is 5.96. The van der Waals surface area contributed by atoms with Crippen molar-refractivity contribution in [2.24, 2.45) is 5.92 Å². The van der Waals surface area contributed by atoms with Gasteiger partial charge in [0.25, 0.3) is 0 Å². The van der Waals surface area contributed by atoms with Crippen molar-refractivity contribution in [2.45, 2.75) is 61.3 Å². The lowest BCUT2D eigenvalue weighted by Gasteiger charge is -2.25. The van der Waals surface area contributed by atoms with Gasteiger partial charge in [-0.2, -0.15) is 0 Å². The molecule has 0 aliphatic heterocycles. The Hall–Kier alpha value is -2.94. The van der Waals surface area contributed by atoms with Gasteiger partial charge in [0, 0.05) is 17.6 Å². The standard InChI is InChI=1S/C29H36FNO/c1-8-12-24(16-20(5)10-3)25-13-14-28(21(6)17-25)31(15-9-2)26-18-23(11-4)29(22(7)32)27(30)19-26/h8-9,12-20H,10-11H2,1-7H3/b12-8+,15-9+,24-16+. The van der Waals surface area contributed by atoms with Gasteiger partial charge in [0.2, 0.25) is 0 Å². The second-order valence-electron chi connectivity index (χ2n) is 8.23. The minimum atomic E-state index is -0.470. The molecule has 0 radical (unpaired) electrons. The number of anilines is 2. The third-order valence-electron chi connectivity index (χ3n) is 5.71. The minimum Gasteiger partial charge on any atom is -0.317 e. The molecule has 0 saturated heterocycles. The molecule has 32 heavy (non-hydrogen) atoms. The summed E-state index contributed by atoms with van der Waals surface area (Å²) in [5.74, 6) is -0.216. The number of halogens is 1. The molecule has 0 N–H and O–H groups in total. The molecule has 1 unspecified atom stereocenters. The van der Waals surface area contributed by atoms with Crippen molar-refractivity contribution in [1.29, 1.82) is 0 Å². The fourth-order valence-electron chi connectivity index (χ4n) is 3.87. The molecule has 2 nitrogen and oxygen atoms in total. The first kappa shape index (κ1) is 25.3. The van der Waals surface area contributed by atoms with Crippen LogP contribution in [0, 0.1) is 18.7 Å². The topological polar surface area (TPSA) is 20.3 Å². The van der Waals surface area contributed by atoms with E-state index in [9.17, 15) is 9.18 Å². The summed E-state index contributed by atoms with van der Waals surface area (Å²) in [6, 6.07) is 9.76. The van der Waals surface area contributed by atoms with Crippen LogP contribution in [0.2, 0.25) is 0 Å². The normalized spacial score (nSPS) is 13.2. The second kappa shape index (κ2) is 11.6. The number of hydrogen-bond donors (Lipinski definition) is 0. The SMILES string of the molecule is C/C=C/C(=C\C(C)CC)c1ccc(N(/C=C/C)c2cc(F)c(C(C)=O)c(CC)c2)c(C)c1. The molecule has 2 aromatic rings. The number of aryl methyl sites for hydroxylation is 2. The minimum absolute atomic E-state index is 0.190. The summed E-state index contributed by atoms with van der Waals surface area (Å²) in [5, 5.41) is 0. The fourth-order valence-corrected chi connectivity index (χ4v) is 3.87. The molecule has 1 atom stereocenters. The molecule has 2 rings (SSSR count). The lowest BCUT2D eigenvalue weighted by Crippen LogP contribution is -2.13. The Kier molecular flexibility index (Phi) is 9.19. The van der Waals surface area contributed by atoms with E-state index in [0.717, 1.165) is 28.8 Å². The Labute approximate surface area is 193 Å². The number of nitrogens with zero attached hydrogens (tertiary/aromatic N) is 1. The van der Waals surface area contributed by atoms with E-state index in [1.807, 2.05) is 44.0 Å². The number of carbonyl (C=O) groups excluding carboxylic acids is 1. The van der Waals surface area contributed by atoms with Gasteiger partial charge >= 0.3 is 0 Å². The van der Waals surface area contributed by atoms with Gasteiger partial charge in [-0.05, 0) is 86.6 Å². The Morgan fingerprint density at radius 1 is 1.12 bits per heavy atom. The molecule has 0 bridgehead atoms. The zero-order chi connectivity index (χ0) is 23.8. The van der Waals surface area contributed by atoms with Crippen LogP contribution in [0.15, 0.2) is 60.8 Å². The van der Waals surface area contributed by atoms with E-state index in [1.165, 1.54) is 18.6 Å². The summed E-state index contributed by atoms with van der Waals surface area (Å²) in [6.07, 6.45) is 12.1. The molecule has 0 saturated carbocycles. The number of carbonyl (C=O) groups is 1. The zero-order valence-corrected chi connectivity index (χ0v) is 20.5. The van der Waals surface area contributed by atoms with Crippen molar-refractivity contribution in [2.75, 3.05) is 4.90 Å². The van der Waals surface area contributed by atoms with Crippen molar-refractivity contribution < 1.29 is 9.18 Å². The summed E-state index contributed by atoms with van der Waals surface area (Å²) in [5.41, 5.74) is 6.07. The van der Waals surface area contributed by atoms with Crippen LogP contribution in [0.4, 0.5) is 15.8 Å². The maximum atomic E-state index is 14.9. The van der Waals surface area contributed by atoms with E-state index < -0.39 is 5.82 Å². The largest absolute Gasteiger partial charge is 0.317 e. The van der Waals surface area contributed by atoms with Crippen LogP contribution in [0.1, 0.15) is 75.0 Å². The van der Waals surface area contributed by atoms with Gasteiger partial charge < -0.3 is 4.90 Å². The maximum absolute atomic E-state index is 14.9. The van der Waals surface area contributed by atoms with E-state index in [2.05, 4.69) is 57.2 Å². The van der Waals surface area contributed by atoms with E-state index in [4.69, 9.17) is 0 Å². The summed E-state index contributed by atoms with van der Waals surface area (Å²) >= 11 is 0. The maximum Gasteiger partial charge on any atom is 0.163 e. The summed E-state index contributed by atoms with van der Waals surface area (Å²) < 4.78 is 14.9. The number of Topliss-reactive ketones (excluding diaryl/α,β-unsaturated/α-hetero) is 1. The van der Waals surface area contributed by atoms with Gasteiger partial charge in [0.15, 0.2) is 5.78 Å². The monoisotopic (exact) mass is 433 g/mol. The van der Waals surface area contributed by atoms with Crippen molar-refractivity contribution in [1.82, 2.24) is 0 Å². The van der Waals surface area contributed by atoms with Gasteiger partial charge in [-0.25, -0.2) is 4.39 Å². The van der Waals surface area contributed by atoms with Gasteiger partial charge in [-0.3, -0.25) is 4.79 Å². The smallest absolute Gasteiger partial charge is 0.163 e. The first-order valence-corrected chi connectivity index (χ1v) is 11.5. The predicted octanol–water partition coefficient (Wildman–Crippen LogP) is 8.58. The summed E-state index contributed by atoms with van der Waals surface area (Å²) in [6.45, 7) is 13.8. The van der Waals surface area contributed by atoms with Crippen LogP contribution in [0.25, 0.3) is 5.57 Å². The molecular weight excluding hydrogens is 397 g/mol. The molecule has 3 heteroatoms. The Balaban J connectivity index is 2.60. The second-order valence-corrected chi connectivity index (χ2v) is 8.23. The molecule has 0 aliphatic rings. The highest BCUT2D eigenvalue weighted by Gasteiger charge is 2.18. The predicted molar refractivity (Wildman–Crippen MR) is 136 cm³/mol. The third kappa shape index (κ3) is 5.85. The number of benzene rings is 2. The van der Waals surface area contributed by atoms with Gasteiger partial charge in [-0.15, -0.1) is 0 Å². The van der Waals surface area contributed by atoms with Gasteiger partial charge in [0.05, 0.1) is 5.56 Å². The van der Waals surface area contributed by atoms with Gasteiger partial charge in [0.1, 0.15) is 5.82 Å². The molecule has 2 aromatic carbocycles. The van der Waals surface area contributed by atoms with Crippen LogP contribution in [0.5, 0.6) is 0 Å². The average molecular weight is 434 g/mol. The Bertz CT molecular complexity index is 1050. The summed E-state index contributed by atoms with van der Waals surface area (Å²) in [7, 11) is 0. The van der Waals surface area contributed by atoms with Crippen molar-refractivity contribution in [3.63, 3.8) is 0 Å². The van der Waals surface area contributed by atoms with Crippen molar-refractivity contribution in [3.8, 4) is 0 Å². The van der Waals surface area contributed by atoms with Crippen LogP contribution in [-0.2, 0) is 6.42 Å². The van der Waals surface area contributed by atoms with Crippen LogP contribution < -0.4 is 4.90 Å². The highest BCUT2D eigenvalue weighted by atomic mass is 19.1. The number of ketones is 1. The molecular formula is C29H36FNO. The molecule has 0 aromatic heterocycles. The van der Waals surface area contributed by atoms with Crippen LogP contribution >= 0.6 is 0 Å². The van der Waals surface area contributed by atoms with Crippen LogP contribution in [-0.4, -0.2) is 5.78 Å². The van der Waals surface area contributed by atoms with Crippen molar-refractivity contribution >= 4 is 22.7 Å². The van der Waals surface area contributed by atoms with E-state index in [1.54, 1.807) is 0 Å². The Morgan fingerprint density at radius 2 is 1.84 bits per heavy atom. The first-order valence-electron chi connectivity index (χ1n) is 11.5. The van der Waals surface area contributed by atoms with E-state index in [0.29, 0.717) is 18.0 Å².